The molecule has 0 unspecified atom stereocenters. The summed E-state index contributed by atoms with van der Waals surface area (Å²) in [5.41, 5.74) is 2.11. The van der Waals surface area contributed by atoms with E-state index in [2.05, 4.69) is 5.32 Å². The highest BCUT2D eigenvalue weighted by molar-refractivity contribution is 7.92. The number of rotatable bonds is 9. The van der Waals surface area contributed by atoms with Gasteiger partial charge in [0.25, 0.3) is 10.0 Å². The van der Waals surface area contributed by atoms with Gasteiger partial charge < -0.3 is 14.8 Å². The quantitative estimate of drug-likeness (QED) is 0.511. The van der Waals surface area contributed by atoms with Crippen LogP contribution in [0.1, 0.15) is 24.1 Å². The molecule has 0 saturated heterocycles. The van der Waals surface area contributed by atoms with Gasteiger partial charge in [-0.25, -0.2) is 8.42 Å². The van der Waals surface area contributed by atoms with E-state index in [-0.39, 0.29) is 11.4 Å². The van der Waals surface area contributed by atoms with Gasteiger partial charge >= 0.3 is 0 Å². The number of carbonyl (C=O) groups excluding carboxylic acids is 1. The molecule has 3 aromatic carbocycles. The van der Waals surface area contributed by atoms with Gasteiger partial charge in [-0.3, -0.25) is 9.10 Å². The number of nitrogens with zero attached hydrogens (tertiary/aromatic N) is 1. The van der Waals surface area contributed by atoms with Crippen LogP contribution in [0.4, 0.5) is 5.69 Å². The molecule has 0 spiro atoms. The zero-order chi connectivity index (χ0) is 24.0. The van der Waals surface area contributed by atoms with Crippen molar-refractivity contribution in [2.24, 2.45) is 0 Å². The largest absolute Gasteiger partial charge is 0.497 e. The van der Waals surface area contributed by atoms with Gasteiger partial charge in [-0.05, 0) is 56.3 Å². The second-order valence-electron chi connectivity index (χ2n) is 7.56. The summed E-state index contributed by atoms with van der Waals surface area (Å²) in [7, 11) is -0.853. The first-order valence-corrected chi connectivity index (χ1v) is 11.9. The average Bonchev–Trinajstić information content (AvgIpc) is 2.83. The molecule has 1 atom stereocenters. The van der Waals surface area contributed by atoms with Gasteiger partial charge in [0.15, 0.2) is 0 Å². The Balaban J connectivity index is 1.89. The highest BCUT2D eigenvalue weighted by atomic mass is 32.2. The topological polar surface area (TPSA) is 84.9 Å². The van der Waals surface area contributed by atoms with E-state index in [0.717, 1.165) is 15.4 Å². The molecule has 0 heterocycles. The molecule has 8 heteroatoms. The molecule has 1 N–H and O–H groups in total. The first-order valence-electron chi connectivity index (χ1n) is 10.4. The van der Waals surface area contributed by atoms with Crippen LogP contribution in [-0.4, -0.2) is 35.1 Å². The summed E-state index contributed by atoms with van der Waals surface area (Å²) in [6.45, 7) is 3.34. The van der Waals surface area contributed by atoms with Crippen LogP contribution < -0.4 is 19.1 Å². The summed E-state index contributed by atoms with van der Waals surface area (Å²) in [6, 6.07) is 19.9. The van der Waals surface area contributed by atoms with Gasteiger partial charge in [0.05, 0.1) is 30.8 Å². The number of nitrogens with one attached hydrogen (secondary N) is 1. The fourth-order valence-corrected chi connectivity index (χ4v) is 4.86. The number of benzene rings is 3. The Morgan fingerprint density at radius 1 is 0.970 bits per heavy atom. The lowest BCUT2D eigenvalue weighted by atomic mass is 10.1. The minimum atomic E-state index is -3.96. The van der Waals surface area contributed by atoms with Crippen molar-refractivity contribution >= 4 is 21.6 Å². The molecule has 0 aliphatic carbocycles. The first-order chi connectivity index (χ1) is 15.8. The maximum Gasteiger partial charge on any atom is 0.264 e. The summed E-state index contributed by atoms with van der Waals surface area (Å²) in [5.74, 6) is 0.767. The van der Waals surface area contributed by atoms with Crippen LogP contribution in [0.3, 0.4) is 0 Å². The smallest absolute Gasteiger partial charge is 0.264 e. The number of aryl methyl sites for hydroxylation is 1. The molecule has 33 heavy (non-hydrogen) atoms. The van der Waals surface area contributed by atoms with Crippen molar-refractivity contribution in [3.63, 3.8) is 0 Å². The second kappa shape index (κ2) is 10.4. The molecule has 0 aliphatic rings. The van der Waals surface area contributed by atoms with Crippen molar-refractivity contribution in [1.29, 1.82) is 0 Å². The van der Waals surface area contributed by atoms with E-state index in [9.17, 15) is 13.2 Å². The Morgan fingerprint density at radius 2 is 1.64 bits per heavy atom. The molecule has 0 saturated carbocycles. The SMILES string of the molecule is COc1ccc(OC)c([C@H](C)NC(=O)CN(c2ccc(C)cc2)S(=O)(=O)c2ccccc2)c1. The Hall–Kier alpha value is -3.52. The first kappa shape index (κ1) is 24.1. The van der Waals surface area contributed by atoms with Crippen LogP contribution in [-0.2, 0) is 14.8 Å². The van der Waals surface area contributed by atoms with Crippen molar-refractivity contribution in [1.82, 2.24) is 5.32 Å². The third kappa shape index (κ3) is 5.64. The molecule has 3 rings (SSSR count). The molecule has 1 amide bonds. The van der Waals surface area contributed by atoms with Crippen molar-refractivity contribution in [2.45, 2.75) is 24.8 Å². The van der Waals surface area contributed by atoms with Crippen molar-refractivity contribution < 1.29 is 22.7 Å². The van der Waals surface area contributed by atoms with Gasteiger partial charge in [-0.1, -0.05) is 35.9 Å². The predicted molar refractivity (Wildman–Crippen MR) is 128 cm³/mol. The molecule has 174 valence electrons. The van der Waals surface area contributed by atoms with Gasteiger partial charge in [0.2, 0.25) is 5.91 Å². The highest BCUT2D eigenvalue weighted by Crippen LogP contribution is 2.29. The number of amides is 1. The van der Waals surface area contributed by atoms with Crippen LogP contribution in [0, 0.1) is 6.92 Å². The monoisotopic (exact) mass is 468 g/mol. The van der Waals surface area contributed by atoms with E-state index in [0.29, 0.717) is 17.2 Å². The van der Waals surface area contributed by atoms with Gasteiger partial charge in [0, 0.05) is 5.56 Å². The van der Waals surface area contributed by atoms with E-state index >= 15 is 0 Å². The number of hydrogen-bond acceptors (Lipinski definition) is 5. The normalized spacial score (nSPS) is 12.0. The van der Waals surface area contributed by atoms with Crippen LogP contribution in [0.5, 0.6) is 11.5 Å². The molecule has 3 aromatic rings. The fraction of sp³-hybridized carbons (Fsp3) is 0.240. The maximum atomic E-state index is 13.4. The summed E-state index contributed by atoms with van der Waals surface area (Å²) in [6.07, 6.45) is 0. The van der Waals surface area contributed by atoms with Crippen LogP contribution in [0.2, 0.25) is 0 Å². The molecule has 0 aromatic heterocycles. The number of ether oxygens (including phenoxy) is 2. The summed E-state index contributed by atoms with van der Waals surface area (Å²) < 4.78 is 38.6. The van der Waals surface area contributed by atoms with Crippen LogP contribution in [0.15, 0.2) is 77.7 Å². The summed E-state index contributed by atoms with van der Waals surface area (Å²) in [5, 5.41) is 2.88. The number of hydrogen-bond donors (Lipinski definition) is 1. The Bertz CT molecular complexity index is 1200. The van der Waals surface area contributed by atoms with Gasteiger partial charge in [-0.2, -0.15) is 0 Å². The maximum absolute atomic E-state index is 13.4. The van der Waals surface area contributed by atoms with Crippen LogP contribution in [0.25, 0.3) is 0 Å². The van der Waals surface area contributed by atoms with Crippen molar-refractivity contribution in [3.8, 4) is 11.5 Å². The molecule has 0 aliphatic heterocycles. The predicted octanol–water partition coefficient (Wildman–Crippen LogP) is 4.08. The molecular weight excluding hydrogens is 440 g/mol. The van der Waals surface area contributed by atoms with Crippen molar-refractivity contribution in [3.05, 3.63) is 83.9 Å². The summed E-state index contributed by atoms with van der Waals surface area (Å²) in [4.78, 5) is 13.1. The fourth-order valence-electron chi connectivity index (χ4n) is 3.42. The van der Waals surface area contributed by atoms with E-state index in [1.807, 2.05) is 19.1 Å². The molecule has 7 nitrogen and oxygen atoms in total. The minimum absolute atomic E-state index is 0.112. The standard InChI is InChI=1S/C25H28N2O5S/c1-18-10-12-20(13-11-18)27(33(29,30)22-8-6-5-7-9-22)17-25(28)26-19(2)23-16-21(31-3)14-15-24(23)32-4/h5-16,19H,17H2,1-4H3,(H,26,28)/t19-/m0/s1. The van der Waals surface area contributed by atoms with E-state index in [4.69, 9.17) is 9.47 Å². The Morgan fingerprint density at radius 3 is 2.24 bits per heavy atom. The Labute approximate surface area is 195 Å². The summed E-state index contributed by atoms with van der Waals surface area (Å²) >= 11 is 0. The number of anilines is 1. The average molecular weight is 469 g/mol. The van der Waals surface area contributed by atoms with E-state index in [1.54, 1.807) is 69.7 Å². The number of carbonyl (C=O) groups is 1. The molecule has 0 fully saturated rings. The molecular formula is C25H28N2O5S. The van der Waals surface area contributed by atoms with E-state index < -0.39 is 22.0 Å². The third-order valence-corrected chi connectivity index (χ3v) is 7.01. The zero-order valence-corrected chi connectivity index (χ0v) is 19.9. The lowest BCUT2D eigenvalue weighted by Gasteiger charge is -2.25. The highest BCUT2D eigenvalue weighted by Gasteiger charge is 2.28. The number of methoxy groups -OCH3 is 2. The zero-order valence-electron chi connectivity index (χ0n) is 19.1. The van der Waals surface area contributed by atoms with Crippen LogP contribution >= 0.6 is 0 Å². The second-order valence-corrected chi connectivity index (χ2v) is 9.42. The Kier molecular flexibility index (Phi) is 7.60. The van der Waals surface area contributed by atoms with Crippen molar-refractivity contribution in [2.75, 3.05) is 25.1 Å². The molecule has 0 radical (unpaired) electrons. The minimum Gasteiger partial charge on any atom is -0.497 e. The lowest BCUT2D eigenvalue weighted by Crippen LogP contribution is -2.41. The third-order valence-electron chi connectivity index (χ3n) is 5.22. The lowest BCUT2D eigenvalue weighted by molar-refractivity contribution is -0.120. The van der Waals surface area contributed by atoms with Gasteiger partial charge in [0.1, 0.15) is 18.0 Å². The van der Waals surface area contributed by atoms with E-state index in [1.165, 1.54) is 12.1 Å². The molecule has 0 bridgehead atoms. The number of sulfonamides is 1. The van der Waals surface area contributed by atoms with Gasteiger partial charge in [-0.15, -0.1) is 0 Å².